The van der Waals surface area contributed by atoms with Gasteiger partial charge < -0.3 is 24.4 Å². The first kappa shape index (κ1) is 21.3. The van der Waals surface area contributed by atoms with Gasteiger partial charge in [0.05, 0.1) is 26.9 Å². The fourth-order valence-corrected chi connectivity index (χ4v) is 3.21. The number of hydrogen-bond acceptors (Lipinski definition) is 5. The Kier molecular flexibility index (Phi) is 8.67. The first-order chi connectivity index (χ1) is 13.0. The quantitative estimate of drug-likeness (QED) is 0.549. The molecule has 1 fully saturated rings. The lowest BCUT2D eigenvalue weighted by atomic mass is 10.2. The molecular weight excluding hydrogens is 344 g/mol. The molecule has 0 saturated carbocycles. The molecule has 1 aromatic carbocycles. The smallest absolute Gasteiger partial charge is 0.193 e. The summed E-state index contributed by atoms with van der Waals surface area (Å²) in [6.07, 6.45) is 0. The van der Waals surface area contributed by atoms with Crippen LogP contribution in [-0.2, 0) is 4.74 Å². The normalized spacial score (nSPS) is 19.4. The lowest BCUT2D eigenvalue weighted by molar-refractivity contribution is -0.0175. The number of nitrogens with one attached hydrogen (secondary N) is 1. The maximum atomic E-state index is 5.80. The van der Waals surface area contributed by atoms with Crippen LogP contribution in [0, 0.1) is 0 Å². The monoisotopic (exact) mass is 378 g/mol. The summed E-state index contributed by atoms with van der Waals surface area (Å²) in [5.74, 6) is 2.54. The van der Waals surface area contributed by atoms with E-state index in [9.17, 15) is 0 Å². The second kappa shape index (κ2) is 11.0. The summed E-state index contributed by atoms with van der Waals surface area (Å²) in [5, 5.41) is 3.47. The van der Waals surface area contributed by atoms with E-state index < -0.39 is 0 Å². The van der Waals surface area contributed by atoms with Gasteiger partial charge in [-0.3, -0.25) is 9.89 Å². The van der Waals surface area contributed by atoms with Crippen LogP contribution in [0.4, 0.5) is 0 Å². The van der Waals surface area contributed by atoms with Crippen LogP contribution < -0.4 is 14.8 Å². The topological polar surface area (TPSA) is 58.6 Å². The van der Waals surface area contributed by atoms with Crippen molar-refractivity contribution in [2.75, 3.05) is 60.7 Å². The third-order valence-electron chi connectivity index (χ3n) is 4.87. The summed E-state index contributed by atoms with van der Waals surface area (Å²) in [6.45, 7) is 9.23. The van der Waals surface area contributed by atoms with Gasteiger partial charge in [-0.15, -0.1) is 0 Å². The zero-order valence-corrected chi connectivity index (χ0v) is 17.3. The molecular formula is C20H34N4O3. The van der Waals surface area contributed by atoms with E-state index in [0.29, 0.717) is 18.7 Å². The van der Waals surface area contributed by atoms with Gasteiger partial charge in [0.15, 0.2) is 5.96 Å². The number of aliphatic imine (C=N–C) groups is 1. The van der Waals surface area contributed by atoms with Crippen LogP contribution >= 0.6 is 0 Å². The Morgan fingerprint density at radius 2 is 2.07 bits per heavy atom. The minimum absolute atomic E-state index is 0.421. The number of morpholine rings is 1. The highest BCUT2D eigenvalue weighted by Crippen LogP contribution is 2.16. The second-order valence-electron chi connectivity index (χ2n) is 6.88. The van der Waals surface area contributed by atoms with Crippen molar-refractivity contribution in [3.63, 3.8) is 0 Å². The number of hydrogen-bond donors (Lipinski definition) is 1. The minimum atomic E-state index is 0.421. The predicted molar refractivity (Wildman–Crippen MR) is 109 cm³/mol. The fraction of sp³-hybridized carbons (Fsp3) is 0.650. The Labute approximate surface area is 163 Å². The molecule has 0 aromatic heterocycles. The summed E-state index contributed by atoms with van der Waals surface area (Å²) >= 11 is 0. The highest BCUT2D eigenvalue weighted by atomic mass is 16.5. The number of ether oxygens (including phenoxy) is 3. The van der Waals surface area contributed by atoms with Crippen LogP contribution in [-0.4, -0.2) is 88.5 Å². The van der Waals surface area contributed by atoms with Crippen LogP contribution in [0.15, 0.2) is 29.3 Å². The second-order valence-corrected chi connectivity index (χ2v) is 6.88. The maximum absolute atomic E-state index is 5.80. The number of benzene rings is 1. The highest BCUT2D eigenvalue weighted by molar-refractivity contribution is 5.79. The van der Waals surface area contributed by atoms with Gasteiger partial charge in [-0.05, 0) is 38.1 Å². The Bertz CT molecular complexity index is 579. The van der Waals surface area contributed by atoms with E-state index in [1.54, 1.807) is 7.11 Å². The molecule has 2 unspecified atom stereocenters. The molecule has 1 aliphatic heterocycles. The lowest BCUT2D eigenvalue weighted by Gasteiger charge is -2.38. The molecule has 1 heterocycles. The molecule has 1 aromatic rings. The minimum Gasteiger partial charge on any atom is -0.497 e. The number of guanidine groups is 1. The van der Waals surface area contributed by atoms with E-state index in [2.05, 4.69) is 34.0 Å². The molecule has 2 atom stereocenters. The number of nitrogens with zero attached hydrogens (tertiary/aromatic N) is 3. The van der Waals surface area contributed by atoms with E-state index in [4.69, 9.17) is 14.2 Å². The average molecular weight is 379 g/mol. The van der Waals surface area contributed by atoms with Crippen molar-refractivity contribution in [3.05, 3.63) is 24.3 Å². The zero-order chi connectivity index (χ0) is 19.6. The van der Waals surface area contributed by atoms with Crippen molar-refractivity contribution in [1.29, 1.82) is 0 Å². The van der Waals surface area contributed by atoms with Crippen LogP contribution in [0.5, 0.6) is 11.5 Å². The molecule has 0 aliphatic carbocycles. The lowest BCUT2D eigenvalue weighted by Crippen LogP contribution is -2.53. The van der Waals surface area contributed by atoms with E-state index in [1.807, 2.05) is 38.4 Å². The van der Waals surface area contributed by atoms with Crippen LogP contribution in [0.1, 0.15) is 13.8 Å². The Morgan fingerprint density at radius 1 is 1.37 bits per heavy atom. The van der Waals surface area contributed by atoms with Gasteiger partial charge >= 0.3 is 0 Å². The van der Waals surface area contributed by atoms with Gasteiger partial charge in [0, 0.05) is 39.3 Å². The Morgan fingerprint density at radius 3 is 2.70 bits per heavy atom. The van der Waals surface area contributed by atoms with E-state index in [-0.39, 0.29) is 0 Å². The van der Waals surface area contributed by atoms with Crippen molar-refractivity contribution in [3.8, 4) is 11.5 Å². The van der Waals surface area contributed by atoms with Crippen molar-refractivity contribution in [2.45, 2.75) is 25.9 Å². The molecule has 0 radical (unpaired) electrons. The van der Waals surface area contributed by atoms with Crippen LogP contribution in [0.2, 0.25) is 0 Å². The van der Waals surface area contributed by atoms with Gasteiger partial charge in [-0.1, -0.05) is 0 Å². The van der Waals surface area contributed by atoms with Crippen molar-refractivity contribution in [2.24, 2.45) is 4.99 Å². The highest BCUT2D eigenvalue weighted by Gasteiger charge is 2.23. The summed E-state index contributed by atoms with van der Waals surface area (Å²) in [7, 11) is 5.49. The first-order valence-corrected chi connectivity index (χ1v) is 9.57. The van der Waals surface area contributed by atoms with Crippen LogP contribution in [0.3, 0.4) is 0 Å². The molecule has 7 heteroatoms. The fourth-order valence-electron chi connectivity index (χ4n) is 3.21. The third kappa shape index (κ3) is 6.59. The largest absolute Gasteiger partial charge is 0.497 e. The molecule has 0 spiro atoms. The van der Waals surface area contributed by atoms with Crippen LogP contribution in [0.25, 0.3) is 0 Å². The Hall–Kier alpha value is -1.99. The molecule has 1 N–H and O–H groups in total. The van der Waals surface area contributed by atoms with Gasteiger partial charge in [-0.25, -0.2) is 0 Å². The molecule has 1 aliphatic rings. The van der Waals surface area contributed by atoms with Gasteiger partial charge in [0.25, 0.3) is 0 Å². The molecule has 1 saturated heterocycles. The molecule has 7 nitrogen and oxygen atoms in total. The number of likely N-dealkylation sites (N-methyl/N-ethyl adjacent to an activating group) is 1. The van der Waals surface area contributed by atoms with Gasteiger partial charge in [-0.2, -0.15) is 0 Å². The summed E-state index contributed by atoms with van der Waals surface area (Å²) < 4.78 is 16.5. The SMILES string of the molecule is CN=C(NCC(C)N1CCOCC1C)N(C)CCOc1ccc(OC)cc1. The first-order valence-electron chi connectivity index (χ1n) is 9.57. The molecule has 27 heavy (non-hydrogen) atoms. The van der Waals surface area contributed by atoms with E-state index in [0.717, 1.165) is 50.3 Å². The van der Waals surface area contributed by atoms with Crippen molar-refractivity contribution < 1.29 is 14.2 Å². The number of rotatable bonds is 8. The summed E-state index contributed by atoms with van der Waals surface area (Å²) in [6, 6.07) is 8.49. The van der Waals surface area contributed by atoms with Crippen molar-refractivity contribution in [1.82, 2.24) is 15.1 Å². The maximum Gasteiger partial charge on any atom is 0.193 e. The summed E-state index contributed by atoms with van der Waals surface area (Å²) in [4.78, 5) is 8.95. The van der Waals surface area contributed by atoms with E-state index in [1.165, 1.54) is 0 Å². The molecule has 2 rings (SSSR count). The average Bonchev–Trinajstić information content (AvgIpc) is 2.69. The number of methoxy groups -OCH3 is 1. The molecule has 0 amide bonds. The Balaban J connectivity index is 1.73. The van der Waals surface area contributed by atoms with Gasteiger partial charge in [0.1, 0.15) is 18.1 Å². The van der Waals surface area contributed by atoms with Gasteiger partial charge in [0.2, 0.25) is 0 Å². The third-order valence-corrected chi connectivity index (χ3v) is 4.87. The van der Waals surface area contributed by atoms with Crippen molar-refractivity contribution >= 4 is 5.96 Å². The zero-order valence-electron chi connectivity index (χ0n) is 17.3. The molecule has 152 valence electrons. The molecule has 0 bridgehead atoms. The summed E-state index contributed by atoms with van der Waals surface area (Å²) in [5.41, 5.74) is 0. The predicted octanol–water partition coefficient (Wildman–Crippen LogP) is 1.69. The van der Waals surface area contributed by atoms with E-state index >= 15 is 0 Å². The standard InChI is InChI=1S/C20H34N4O3/c1-16(24-11-12-26-15-17(24)2)14-22-20(21-3)23(4)10-13-27-19-8-6-18(25-5)7-9-19/h6-9,16-17H,10-15H2,1-5H3,(H,21,22).